The van der Waals surface area contributed by atoms with Crippen molar-refractivity contribution in [2.24, 2.45) is 50.7 Å². The van der Waals surface area contributed by atoms with Crippen molar-refractivity contribution in [2.75, 3.05) is 6.61 Å². The number of esters is 1. The van der Waals surface area contributed by atoms with E-state index in [0.29, 0.717) is 23.3 Å². The van der Waals surface area contributed by atoms with Crippen LogP contribution in [0.15, 0.2) is 35.9 Å². The van der Waals surface area contributed by atoms with Crippen LogP contribution >= 0.6 is 0 Å². The molecule has 10 unspecified atom stereocenters. The van der Waals surface area contributed by atoms with Gasteiger partial charge in [0.05, 0.1) is 24.4 Å². The van der Waals surface area contributed by atoms with Crippen molar-refractivity contribution < 1.29 is 24.9 Å². The van der Waals surface area contributed by atoms with Crippen molar-refractivity contribution in [3.63, 3.8) is 0 Å². The van der Waals surface area contributed by atoms with Crippen molar-refractivity contribution in [1.82, 2.24) is 0 Å². The Labute approximate surface area is 253 Å². The maximum Gasteiger partial charge on any atom is 0.338 e. The lowest BCUT2D eigenvalue weighted by molar-refractivity contribution is -0.189. The monoisotopic (exact) mass is 578 g/mol. The van der Waals surface area contributed by atoms with Gasteiger partial charge in [0.15, 0.2) is 0 Å². The molecule has 0 bridgehead atoms. The maximum absolute atomic E-state index is 13.0. The summed E-state index contributed by atoms with van der Waals surface area (Å²) in [7, 11) is 0. The Bertz CT molecular complexity index is 1240. The van der Waals surface area contributed by atoms with Crippen LogP contribution in [-0.4, -0.2) is 40.1 Å². The molecule has 5 aliphatic rings. The van der Waals surface area contributed by atoms with E-state index >= 15 is 0 Å². The molecule has 1 aromatic carbocycles. The van der Waals surface area contributed by atoms with E-state index in [9.17, 15) is 20.1 Å². The Hall–Kier alpha value is -1.85. The van der Waals surface area contributed by atoms with E-state index in [1.807, 2.05) is 0 Å². The van der Waals surface area contributed by atoms with Crippen LogP contribution in [0.25, 0.3) is 0 Å². The first-order valence-electron chi connectivity index (χ1n) is 16.7. The predicted octanol–water partition coefficient (Wildman–Crippen LogP) is 7.68. The van der Waals surface area contributed by atoms with Gasteiger partial charge in [0.1, 0.15) is 5.75 Å². The lowest BCUT2D eigenvalue weighted by Crippen LogP contribution is -2.60. The predicted molar refractivity (Wildman–Crippen MR) is 165 cm³/mol. The number of aliphatic hydroxyl groups is 2. The van der Waals surface area contributed by atoms with Crippen molar-refractivity contribution >= 4 is 5.97 Å². The van der Waals surface area contributed by atoms with Crippen molar-refractivity contribution in [2.45, 2.75) is 118 Å². The second-order valence-corrected chi connectivity index (χ2v) is 16.7. The van der Waals surface area contributed by atoms with Gasteiger partial charge in [-0.2, -0.15) is 0 Å². The van der Waals surface area contributed by atoms with Crippen LogP contribution in [0.3, 0.4) is 0 Å². The Morgan fingerprint density at radius 1 is 0.810 bits per heavy atom. The number of phenols is 1. The summed E-state index contributed by atoms with van der Waals surface area (Å²) < 4.78 is 5.93. The first-order valence-corrected chi connectivity index (χ1v) is 16.7. The first-order chi connectivity index (χ1) is 19.6. The van der Waals surface area contributed by atoms with Gasteiger partial charge in [0.25, 0.3) is 0 Å². The summed E-state index contributed by atoms with van der Waals surface area (Å²) in [4.78, 5) is 13.0. The number of phenolic OH excluding ortho intramolecular Hbond substituents is 1. The number of allylic oxidation sites excluding steroid dienone is 2. The highest BCUT2D eigenvalue weighted by atomic mass is 16.5. The van der Waals surface area contributed by atoms with Crippen LogP contribution in [-0.2, 0) is 4.74 Å². The number of aromatic hydroxyl groups is 1. The van der Waals surface area contributed by atoms with Gasteiger partial charge in [-0.1, -0.05) is 53.2 Å². The second kappa shape index (κ2) is 10.1. The van der Waals surface area contributed by atoms with E-state index in [1.54, 1.807) is 17.7 Å². The zero-order valence-corrected chi connectivity index (χ0v) is 26.8. The van der Waals surface area contributed by atoms with Gasteiger partial charge in [-0.3, -0.25) is 0 Å². The highest BCUT2D eigenvalue weighted by Crippen LogP contribution is 2.70. The molecule has 0 amide bonds. The molecule has 0 aromatic heterocycles. The minimum absolute atomic E-state index is 0.0615. The molecule has 0 saturated heterocycles. The maximum atomic E-state index is 13.0. The smallest absolute Gasteiger partial charge is 0.338 e. The summed E-state index contributed by atoms with van der Waals surface area (Å²) in [6, 6.07) is 6.19. The summed E-state index contributed by atoms with van der Waals surface area (Å²) in [5, 5.41) is 32.0. The third kappa shape index (κ3) is 4.42. The Morgan fingerprint density at radius 2 is 1.48 bits per heavy atom. The summed E-state index contributed by atoms with van der Waals surface area (Å²) in [5.74, 6) is 1.65. The summed E-state index contributed by atoms with van der Waals surface area (Å²) >= 11 is 0. The molecule has 0 heterocycles. The minimum Gasteiger partial charge on any atom is -0.508 e. The van der Waals surface area contributed by atoms with E-state index in [1.165, 1.54) is 31.4 Å². The molecule has 6 rings (SSSR count). The summed E-state index contributed by atoms with van der Waals surface area (Å²) in [6.45, 7) is 14.6. The largest absolute Gasteiger partial charge is 0.508 e. The van der Waals surface area contributed by atoms with Crippen molar-refractivity contribution in [3.05, 3.63) is 41.5 Å². The minimum atomic E-state index is -0.501. The zero-order valence-electron chi connectivity index (χ0n) is 26.8. The fourth-order valence-corrected chi connectivity index (χ4v) is 11.9. The molecule has 0 aliphatic heterocycles. The molecular weight excluding hydrogens is 524 g/mol. The molecule has 10 atom stereocenters. The second-order valence-electron chi connectivity index (χ2n) is 16.7. The molecule has 5 heteroatoms. The average molecular weight is 579 g/mol. The van der Waals surface area contributed by atoms with E-state index < -0.39 is 17.5 Å². The molecule has 5 aliphatic carbocycles. The van der Waals surface area contributed by atoms with Crippen LogP contribution in [0, 0.1) is 50.7 Å². The van der Waals surface area contributed by atoms with Crippen molar-refractivity contribution in [1.29, 1.82) is 0 Å². The third-order valence-corrected chi connectivity index (χ3v) is 14.3. The normalized spacial score (nSPS) is 46.1. The quantitative estimate of drug-likeness (QED) is 0.253. The molecule has 5 nitrogen and oxygen atoms in total. The molecule has 4 saturated carbocycles. The van der Waals surface area contributed by atoms with Crippen LogP contribution in [0.2, 0.25) is 0 Å². The van der Waals surface area contributed by atoms with Gasteiger partial charge in [-0.15, -0.1) is 0 Å². The zero-order chi connectivity index (χ0) is 30.3. The van der Waals surface area contributed by atoms with E-state index in [4.69, 9.17) is 4.74 Å². The van der Waals surface area contributed by atoms with Crippen LogP contribution < -0.4 is 0 Å². The van der Waals surface area contributed by atoms with Crippen molar-refractivity contribution in [3.8, 4) is 5.75 Å². The SMILES string of the molecule is CC12CCC3C(C)(COC(=O)c4ccc(O)cc4)C(O)CCC3(C)C1CCC1C(=CCC3C(C)(C)C(O)CCC13C)C2. The molecule has 1 aromatic rings. The fourth-order valence-electron chi connectivity index (χ4n) is 11.9. The molecule has 0 radical (unpaired) electrons. The number of hydrogen-bond donors (Lipinski definition) is 3. The van der Waals surface area contributed by atoms with Crippen LogP contribution in [0.4, 0.5) is 0 Å². The molecule has 0 spiro atoms. The van der Waals surface area contributed by atoms with Gasteiger partial charge in [0.2, 0.25) is 0 Å². The number of fused-ring (bicyclic) bond motifs is 6. The van der Waals surface area contributed by atoms with E-state index in [0.717, 1.165) is 44.9 Å². The molecule has 232 valence electrons. The van der Waals surface area contributed by atoms with E-state index in [-0.39, 0.29) is 46.0 Å². The van der Waals surface area contributed by atoms with Gasteiger partial charge in [-0.05, 0) is 134 Å². The highest BCUT2D eigenvalue weighted by Gasteiger charge is 2.64. The summed E-state index contributed by atoms with van der Waals surface area (Å²) in [6.07, 6.45) is 12.5. The fraction of sp³-hybridized carbons (Fsp3) is 0.757. The van der Waals surface area contributed by atoms with Crippen LogP contribution in [0.5, 0.6) is 5.75 Å². The third-order valence-electron chi connectivity index (χ3n) is 14.3. The molecule has 4 fully saturated rings. The average Bonchev–Trinajstić information content (AvgIpc) is 3.10. The number of aliphatic hydroxyl groups excluding tert-OH is 2. The molecular formula is C37H54O5. The van der Waals surface area contributed by atoms with Crippen LogP contribution in [0.1, 0.15) is 116 Å². The first kappa shape index (κ1) is 30.2. The highest BCUT2D eigenvalue weighted by molar-refractivity contribution is 5.89. The number of benzene rings is 1. The Morgan fingerprint density at radius 3 is 2.19 bits per heavy atom. The standard InChI is InChI=1S/C37H54O5/c1-33(2)27-13-9-24-21-34(3)18-15-29-36(5,28(34)14-12-26(24)35(27,4)19-16-30(33)39)20-17-31(40)37(29,6)22-42-32(41)23-7-10-25(38)11-8-23/h7-11,26-31,38-40H,12-22H2,1-6H3. The van der Waals surface area contributed by atoms with Gasteiger partial charge >= 0.3 is 5.97 Å². The summed E-state index contributed by atoms with van der Waals surface area (Å²) in [5.41, 5.74) is 2.08. The number of ether oxygens (including phenoxy) is 1. The number of rotatable bonds is 3. The number of carbonyl (C=O) groups is 1. The Kier molecular flexibility index (Phi) is 7.25. The topological polar surface area (TPSA) is 87.0 Å². The number of hydrogen-bond acceptors (Lipinski definition) is 5. The van der Waals surface area contributed by atoms with E-state index in [2.05, 4.69) is 47.6 Å². The lowest BCUT2D eigenvalue weighted by atomic mass is 9.42. The van der Waals surface area contributed by atoms with Gasteiger partial charge < -0.3 is 20.1 Å². The lowest BCUT2D eigenvalue weighted by Gasteiger charge is -2.64. The van der Waals surface area contributed by atoms with Gasteiger partial charge in [0, 0.05) is 5.41 Å². The molecule has 42 heavy (non-hydrogen) atoms. The van der Waals surface area contributed by atoms with Gasteiger partial charge in [-0.25, -0.2) is 4.79 Å². The Balaban J connectivity index is 1.26. The number of carbonyl (C=O) groups excluding carboxylic acids is 1. The molecule has 3 N–H and O–H groups in total.